The minimum atomic E-state index is 0.0660. The molecule has 0 saturated heterocycles. The molecular formula is C15H21NO2. The normalized spacial score (nSPS) is 23.7. The zero-order valence-corrected chi connectivity index (χ0v) is 10.9. The van der Waals surface area contributed by atoms with E-state index in [2.05, 4.69) is 17.4 Å². The lowest BCUT2D eigenvalue weighted by molar-refractivity contribution is -0.119. The summed E-state index contributed by atoms with van der Waals surface area (Å²) in [5.41, 5.74) is 2.27. The van der Waals surface area contributed by atoms with Crippen LogP contribution in [0.3, 0.4) is 0 Å². The van der Waals surface area contributed by atoms with Gasteiger partial charge in [0.05, 0.1) is 6.61 Å². The van der Waals surface area contributed by atoms with Gasteiger partial charge < -0.3 is 10.4 Å². The van der Waals surface area contributed by atoms with Crippen molar-refractivity contribution in [2.45, 2.75) is 51.2 Å². The van der Waals surface area contributed by atoms with Gasteiger partial charge in [0.1, 0.15) is 0 Å². The third-order valence-electron chi connectivity index (χ3n) is 3.72. The number of carbonyl (C=O) groups excluding carboxylic acids is 1. The molecule has 0 spiro atoms. The van der Waals surface area contributed by atoms with Gasteiger partial charge >= 0.3 is 0 Å². The van der Waals surface area contributed by atoms with Gasteiger partial charge in [-0.05, 0) is 36.3 Å². The maximum Gasteiger partial charge on any atom is 0.217 e. The van der Waals surface area contributed by atoms with Crippen molar-refractivity contribution in [3.8, 4) is 0 Å². The Balaban J connectivity index is 2.01. The van der Waals surface area contributed by atoms with E-state index in [1.165, 1.54) is 12.0 Å². The van der Waals surface area contributed by atoms with Crippen LogP contribution in [0.25, 0.3) is 0 Å². The van der Waals surface area contributed by atoms with Crippen LogP contribution in [0.15, 0.2) is 24.3 Å². The Morgan fingerprint density at radius 3 is 2.67 bits per heavy atom. The Hall–Kier alpha value is -1.35. The first kappa shape index (κ1) is 13.1. The lowest BCUT2D eigenvalue weighted by Gasteiger charge is -2.29. The molecular weight excluding hydrogens is 226 g/mol. The van der Waals surface area contributed by atoms with Crippen LogP contribution in [0, 0.1) is 0 Å². The SMILES string of the molecule is CC(=O)N[C@H]1CCC[C@@H](c2ccc(CO)cc2)C1. The van der Waals surface area contributed by atoms with E-state index in [0.717, 1.165) is 24.8 Å². The van der Waals surface area contributed by atoms with Gasteiger partial charge in [-0.15, -0.1) is 0 Å². The van der Waals surface area contributed by atoms with Crippen molar-refractivity contribution in [3.05, 3.63) is 35.4 Å². The molecule has 1 aromatic carbocycles. The fourth-order valence-corrected chi connectivity index (χ4v) is 2.81. The highest BCUT2D eigenvalue weighted by molar-refractivity contribution is 5.73. The van der Waals surface area contributed by atoms with E-state index in [9.17, 15) is 4.79 Å². The number of benzene rings is 1. The number of amides is 1. The standard InChI is InChI=1S/C15H21NO2/c1-11(18)16-15-4-2-3-14(9-15)13-7-5-12(10-17)6-8-13/h5-8,14-15,17H,2-4,9-10H2,1H3,(H,16,18)/t14-,15+/m1/s1. The molecule has 1 saturated carbocycles. The predicted octanol–water partition coefficient (Wildman–Crippen LogP) is 2.34. The summed E-state index contributed by atoms with van der Waals surface area (Å²) < 4.78 is 0. The molecule has 1 aliphatic carbocycles. The second-order valence-corrected chi connectivity index (χ2v) is 5.16. The van der Waals surface area contributed by atoms with Gasteiger partial charge in [-0.2, -0.15) is 0 Å². The highest BCUT2D eigenvalue weighted by Crippen LogP contribution is 2.32. The van der Waals surface area contributed by atoms with E-state index in [1.54, 1.807) is 6.92 Å². The molecule has 0 radical (unpaired) electrons. The third-order valence-corrected chi connectivity index (χ3v) is 3.72. The van der Waals surface area contributed by atoms with Crippen LogP contribution in [-0.2, 0) is 11.4 Å². The van der Waals surface area contributed by atoms with Crippen LogP contribution < -0.4 is 5.32 Å². The van der Waals surface area contributed by atoms with Crippen LogP contribution in [0.4, 0.5) is 0 Å². The zero-order chi connectivity index (χ0) is 13.0. The van der Waals surface area contributed by atoms with Crippen molar-refractivity contribution < 1.29 is 9.90 Å². The van der Waals surface area contributed by atoms with Crippen molar-refractivity contribution in [1.82, 2.24) is 5.32 Å². The van der Waals surface area contributed by atoms with Crippen molar-refractivity contribution in [2.24, 2.45) is 0 Å². The number of rotatable bonds is 3. The van der Waals surface area contributed by atoms with Crippen LogP contribution in [-0.4, -0.2) is 17.1 Å². The van der Waals surface area contributed by atoms with Crippen molar-refractivity contribution in [3.63, 3.8) is 0 Å². The van der Waals surface area contributed by atoms with Gasteiger partial charge in [0.25, 0.3) is 0 Å². The highest BCUT2D eigenvalue weighted by atomic mass is 16.3. The number of aliphatic hydroxyl groups excluding tert-OH is 1. The van der Waals surface area contributed by atoms with Gasteiger partial charge in [-0.1, -0.05) is 30.7 Å². The first-order valence-corrected chi connectivity index (χ1v) is 6.66. The van der Waals surface area contributed by atoms with Crippen molar-refractivity contribution in [1.29, 1.82) is 0 Å². The molecule has 18 heavy (non-hydrogen) atoms. The number of hydrogen-bond donors (Lipinski definition) is 2. The highest BCUT2D eigenvalue weighted by Gasteiger charge is 2.23. The molecule has 2 atom stereocenters. The topological polar surface area (TPSA) is 49.3 Å². The van der Waals surface area contributed by atoms with E-state index in [4.69, 9.17) is 5.11 Å². The maximum absolute atomic E-state index is 11.1. The molecule has 98 valence electrons. The average molecular weight is 247 g/mol. The fraction of sp³-hybridized carbons (Fsp3) is 0.533. The first-order chi connectivity index (χ1) is 8.69. The minimum absolute atomic E-state index is 0.0660. The van der Waals surface area contributed by atoms with Gasteiger partial charge in [0.15, 0.2) is 0 Å². The summed E-state index contributed by atoms with van der Waals surface area (Å²) in [7, 11) is 0. The third kappa shape index (κ3) is 3.33. The molecule has 2 N–H and O–H groups in total. The van der Waals surface area contributed by atoms with E-state index in [0.29, 0.717) is 12.0 Å². The van der Waals surface area contributed by atoms with Gasteiger partial charge in [-0.3, -0.25) is 4.79 Å². The van der Waals surface area contributed by atoms with Crippen molar-refractivity contribution >= 4 is 5.91 Å². The largest absolute Gasteiger partial charge is 0.392 e. The quantitative estimate of drug-likeness (QED) is 0.861. The number of nitrogens with one attached hydrogen (secondary N) is 1. The molecule has 0 bridgehead atoms. The van der Waals surface area contributed by atoms with Crippen molar-refractivity contribution in [2.75, 3.05) is 0 Å². The first-order valence-electron chi connectivity index (χ1n) is 6.66. The average Bonchev–Trinajstić information content (AvgIpc) is 2.38. The minimum Gasteiger partial charge on any atom is -0.392 e. The summed E-state index contributed by atoms with van der Waals surface area (Å²) in [5.74, 6) is 0.597. The van der Waals surface area contributed by atoms with Gasteiger partial charge in [0.2, 0.25) is 5.91 Å². The van der Waals surface area contributed by atoms with Gasteiger partial charge in [0, 0.05) is 13.0 Å². The van der Waals surface area contributed by atoms with E-state index < -0.39 is 0 Å². The number of carbonyl (C=O) groups is 1. The lowest BCUT2D eigenvalue weighted by atomic mass is 9.81. The molecule has 0 aliphatic heterocycles. The van der Waals surface area contributed by atoms with Crippen LogP contribution in [0.5, 0.6) is 0 Å². The van der Waals surface area contributed by atoms with Crippen LogP contribution in [0.1, 0.15) is 49.7 Å². The van der Waals surface area contributed by atoms with E-state index in [-0.39, 0.29) is 12.5 Å². The number of aliphatic hydroxyl groups is 1. The fourth-order valence-electron chi connectivity index (χ4n) is 2.81. The number of hydrogen-bond acceptors (Lipinski definition) is 2. The Morgan fingerprint density at radius 2 is 2.06 bits per heavy atom. The summed E-state index contributed by atoms with van der Waals surface area (Å²) in [6.45, 7) is 1.68. The predicted molar refractivity (Wildman–Crippen MR) is 71.2 cm³/mol. The summed E-state index contributed by atoms with van der Waals surface area (Å²) in [5, 5.41) is 12.1. The van der Waals surface area contributed by atoms with Gasteiger partial charge in [-0.25, -0.2) is 0 Å². The molecule has 1 amide bonds. The Bertz CT molecular complexity index is 399. The molecule has 3 heteroatoms. The second kappa shape index (κ2) is 6.01. The zero-order valence-electron chi connectivity index (χ0n) is 10.9. The molecule has 3 nitrogen and oxygen atoms in total. The maximum atomic E-state index is 11.1. The molecule has 0 aromatic heterocycles. The monoisotopic (exact) mass is 247 g/mol. The smallest absolute Gasteiger partial charge is 0.217 e. The summed E-state index contributed by atoms with van der Waals surface area (Å²) in [6.07, 6.45) is 4.47. The lowest BCUT2D eigenvalue weighted by Crippen LogP contribution is -2.36. The molecule has 0 heterocycles. The Labute approximate surface area is 108 Å². The van der Waals surface area contributed by atoms with E-state index >= 15 is 0 Å². The molecule has 1 fully saturated rings. The Kier molecular flexibility index (Phi) is 4.37. The second-order valence-electron chi connectivity index (χ2n) is 5.16. The van der Waals surface area contributed by atoms with E-state index in [1.807, 2.05) is 12.1 Å². The molecule has 0 unspecified atom stereocenters. The molecule has 1 aliphatic rings. The molecule has 2 rings (SSSR count). The molecule has 1 aromatic rings. The summed E-state index contributed by atoms with van der Waals surface area (Å²) in [4.78, 5) is 11.1. The Morgan fingerprint density at radius 1 is 1.33 bits per heavy atom. The summed E-state index contributed by atoms with van der Waals surface area (Å²) >= 11 is 0. The van der Waals surface area contributed by atoms with Crippen LogP contribution >= 0.6 is 0 Å². The van der Waals surface area contributed by atoms with Crippen LogP contribution in [0.2, 0.25) is 0 Å². The summed E-state index contributed by atoms with van der Waals surface area (Å²) in [6, 6.07) is 8.49.